The van der Waals surface area contributed by atoms with Crippen LogP contribution in [-0.4, -0.2) is 27.1 Å². The normalized spacial score (nSPS) is 10.7. The van der Waals surface area contributed by atoms with Crippen molar-refractivity contribution in [3.63, 3.8) is 0 Å². The van der Waals surface area contributed by atoms with Gasteiger partial charge in [-0.25, -0.2) is 4.79 Å². The van der Waals surface area contributed by atoms with Gasteiger partial charge >= 0.3 is 5.97 Å². The van der Waals surface area contributed by atoms with E-state index < -0.39 is 5.97 Å². The molecule has 0 unspecified atom stereocenters. The van der Waals surface area contributed by atoms with Crippen LogP contribution in [0.25, 0.3) is 6.08 Å². The van der Waals surface area contributed by atoms with E-state index >= 15 is 0 Å². The highest BCUT2D eigenvalue weighted by Crippen LogP contribution is 2.19. The highest BCUT2D eigenvalue weighted by molar-refractivity contribution is 8.13. The molecule has 0 radical (unpaired) electrons. The maximum atomic E-state index is 10.7. The van der Waals surface area contributed by atoms with Crippen molar-refractivity contribution in [2.45, 2.75) is 13.3 Å². The van der Waals surface area contributed by atoms with Crippen molar-refractivity contribution in [1.29, 1.82) is 0 Å². The Labute approximate surface area is 109 Å². The van der Waals surface area contributed by atoms with Gasteiger partial charge in [0.05, 0.1) is 0 Å². The van der Waals surface area contributed by atoms with E-state index in [0.717, 1.165) is 12.0 Å². The zero-order valence-corrected chi connectivity index (χ0v) is 10.7. The van der Waals surface area contributed by atoms with Gasteiger partial charge in [-0.05, 0) is 24.1 Å². The Kier molecular flexibility index (Phi) is 5.45. The molecule has 18 heavy (non-hydrogen) atoms. The van der Waals surface area contributed by atoms with E-state index in [0.29, 0.717) is 5.75 Å². The third-order valence-electron chi connectivity index (χ3n) is 2.15. The SMILES string of the molecule is CC(=O)SCCC=Cc1ccc(C(=O)O)c(O)c1. The summed E-state index contributed by atoms with van der Waals surface area (Å²) in [5.74, 6) is -0.686. The average Bonchev–Trinajstić information content (AvgIpc) is 2.27. The number of carbonyl (C=O) groups is 2. The standard InChI is InChI=1S/C13H14O4S/c1-9(14)18-7-3-2-4-10-5-6-11(13(16)17)12(15)8-10/h2,4-6,8,15H,3,7H2,1H3,(H,16,17). The van der Waals surface area contributed by atoms with Crippen molar-refractivity contribution < 1.29 is 19.8 Å². The second kappa shape index (κ2) is 6.86. The van der Waals surface area contributed by atoms with Gasteiger partial charge in [-0.2, -0.15) is 0 Å². The lowest BCUT2D eigenvalue weighted by Crippen LogP contribution is -1.96. The van der Waals surface area contributed by atoms with E-state index in [-0.39, 0.29) is 16.4 Å². The Morgan fingerprint density at radius 1 is 1.39 bits per heavy atom. The lowest BCUT2D eigenvalue weighted by Gasteiger charge is -2.00. The minimum Gasteiger partial charge on any atom is -0.507 e. The second-order valence-corrected chi connectivity index (χ2v) is 4.88. The molecule has 1 rings (SSSR count). The van der Waals surface area contributed by atoms with E-state index in [1.807, 2.05) is 6.08 Å². The molecule has 0 atom stereocenters. The second-order valence-electron chi connectivity index (χ2n) is 3.61. The summed E-state index contributed by atoms with van der Waals surface area (Å²) in [6, 6.07) is 4.39. The molecule has 0 amide bonds. The van der Waals surface area contributed by atoms with Gasteiger partial charge in [0.1, 0.15) is 11.3 Å². The molecule has 0 fully saturated rings. The van der Waals surface area contributed by atoms with E-state index in [1.54, 1.807) is 12.1 Å². The number of rotatable bonds is 5. The van der Waals surface area contributed by atoms with Crippen LogP contribution in [0.2, 0.25) is 0 Å². The van der Waals surface area contributed by atoms with Crippen LogP contribution >= 0.6 is 11.8 Å². The number of hydrogen-bond acceptors (Lipinski definition) is 4. The molecule has 0 saturated heterocycles. The monoisotopic (exact) mass is 266 g/mol. The molecule has 2 N–H and O–H groups in total. The summed E-state index contributed by atoms with van der Waals surface area (Å²) in [5.41, 5.74) is 0.615. The van der Waals surface area contributed by atoms with Gasteiger partial charge in [-0.1, -0.05) is 30.0 Å². The fourth-order valence-corrected chi connectivity index (χ4v) is 1.86. The van der Waals surface area contributed by atoms with Gasteiger partial charge in [-0.15, -0.1) is 0 Å². The fraction of sp³-hybridized carbons (Fsp3) is 0.231. The van der Waals surface area contributed by atoms with Crippen LogP contribution in [0.4, 0.5) is 0 Å². The highest BCUT2D eigenvalue weighted by atomic mass is 32.2. The largest absolute Gasteiger partial charge is 0.507 e. The summed E-state index contributed by atoms with van der Waals surface area (Å²) in [5, 5.41) is 18.3. The summed E-state index contributed by atoms with van der Waals surface area (Å²) in [7, 11) is 0. The summed E-state index contributed by atoms with van der Waals surface area (Å²) in [6.45, 7) is 1.52. The Balaban J connectivity index is 2.58. The number of benzene rings is 1. The molecular weight excluding hydrogens is 252 g/mol. The maximum absolute atomic E-state index is 10.7. The van der Waals surface area contributed by atoms with Crippen LogP contribution < -0.4 is 0 Å². The van der Waals surface area contributed by atoms with Gasteiger partial charge in [0.15, 0.2) is 5.12 Å². The Bertz CT molecular complexity index is 480. The van der Waals surface area contributed by atoms with Gasteiger partial charge in [0, 0.05) is 12.7 Å². The molecule has 0 bridgehead atoms. The van der Waals surface area contributed by atoms with E-state index in [1.165, 1.54) is 30.8 Å². The molecular formula is C13H14O4S. The first kappa shape index (κ1) is 14.3. The van der Waals surface area contributed by atoms with E-state index in [9.17, 15) is 14.7 Å². The van der Waals surface area contributed by atoms with Crippen LogP contribution in [0.1, 0.15) is 29.3 Å². The predicted molar refractivity (Wildman–Crippen MR) is 71.9 cm³/mol. The summed E-state index contributed by atoms with van der Waals surface area (Å²) in [6.07, 6.45) is 4.41. The molecule has 0 aliphatic heterocycles. The van der Waals surface area contributed by atoms with Crippen LogP contribution in [0, 0.1) is 0 Å². The molecule has 0 aliphatic carbocycles. The zero-order chi connectivity index (χ0) is 13.5. The highest BCUT2D eigenvalue weighted by Gasteiger charge is 2.08. The van der Waals surface area contributed by atoms with Crippen molar-refractivity contribution in [3.05, 3.63) is 35.4 Å². The van der Waals surface area contributed by atoms with Crippen molar-refractivity contribution >= 4 is 28.9 Å². The summed E-state index contributed by atoms with van der Waals surface area (Å²) < 4.78 is 0. The van der Waals surface area contributed by atoms with Crippen molar-refractivity contribution in [2.24, 2.45) is 0 Å². The molecule has 0 saturated carbocycles. The molecule has 0 spiro atoms. The number of hydrogen-bond donors (Lipinski definition) is 2. The lowest BCUT2D eigenvalue weighted by atomic mass is 10.1. The molecule has 1 aromatic carbocycles. The molecule has 1 aromatic rings. The van der Waals surface area contributed by atoms with Crippen LogP contribution in [0.15, 0.2) is 24.3 Å². The molecule has 0 aromatic heterocycles. The van der Waals surface area contributed by atoms with Crippen LogP contribution in [-0.2, 0) is 4.79 Å². The molecule has 0 aliphatic rings. The maximum Gasteiger partial charge on any atom is 0.339 e. The van der Waals surface area contributed by atoms with Gasteiger partial charge in [0.2, 0.25) is 0 Å². The quantitative estimate of drug-likeness (QED) is 0.801. The summed E-state index contributed by atoms with van der Waals surface area (Å²) in [4.78, 5) is 21.4. The molecule has 96 valence electrons. The van der Waals surface area contributed by atoms with Crippen molar-refractivity contribution in [1.82, 2.24) is 0 Å². The number of carbonyl (C=O) groups excluding carboxylic acids is 1. The number of aromatic hydroxyl groups is 1. The molecule has 5 heteroatoms. The molecule has 0 heterocycles. The number of thioether (sulfide) groups is 1. The first-order chi connectivity index (χ1) is 8.50. The summed E-state index contributed by atoms with van der Waals surface area (Å²) >= 11 is 1.26. The Hall–Kier alpha value is -1.75. The van der Waals surface area contributed by atoms with Gasteiger partial charge in [0.25, 0.3) is 0 Å². The van der Waals surface area contributed by atoms with Gasteiger partial charge < -0.3 is 10.2 Å². The third kappa shape index (κ3) is 4.63. The van der Waals surface area contributed by atoms with E-state index in [4.69, 9.17) is 5.11 Å². The average molecular weight is 266 g/mol. The third-order valence-corrected chi connectivity index (χ3v) is 3.00. The van der Waals surface area contributed by atoms with Crippen LogP contribution in [0.3, 0.4) is 0 Å². The van der Waals surface area contributed by atoms with Crippen molar-refractivity contribution in [3.8, 4) is 5.75 Å². The Morgan fingerprint density at radius 3 is 2.67 bits per heavy atom. The number of aromatic carboxylic acids is 1. The topological polar surface area (TPSA) is 74.6 Å². The van der Waals surface area contributed by atoms with Gasteiger partial charge in [-0.3, -0.25) is 4.79 Å². The first-order valence-electron chi connectivity index (χ1n) is 5.37. The molecule has 4 nitrogen and oxygen atoms in total. The minimum atomic E-state index is -1.15. The smallest absolute Gasteiger partial charge is 0.339 e. The zero-order valence-electron chi connectivity index (χ0n) is 9.92. The van der Waals surface area contributed by atoms with Crippen molar-refractivity contribution in [2.75, 3.05) is 5.75 Å². The first-order valence-corrected chi connectivity index (χ1v) is 6.35. The number of phenols is 1. The Morgan fingerprint density at radius 2 is 2.11 bits per heavy atom. The number of carboxylic acid groups (broad SMARTS) is 1. The fourth-order valence-electron chi connectivity index (χ4n) is 1.32. The van der Waals surface area contributed by atoms with Crippen LogP contribution in [0.5, 0.6) is 5.75 Å². The number of allylic oxidation sites excluding steroid dienone is 1. The van der Waals surface area contributed by atoms with E-state index in [2.05, 4.69) is 0 Å². The number of carboxylic acids is 1. The minimum absolute atomic E-state index is 0.0897. The lowest BCUT2D eigenvalue weighted by molar-refractivity contribution is -0.109. The predicted octanol–water partition coefficient (Wildman–Crippen LogP) is 2.77.